The minimum absolute atomic E-state index is 0.615. The summed E-state index contributed by atoms with van der Waals surface area (Å²) >= 11 is 0. The number of rotatable bonds is 1. The molecule has 0 heterocycles. The Labute approximate surface area is 89.2 Å². The van der Waals surface area contributed by atoms with Crippen LogP contribution in [0.2, 0.25) is 0 Å². The lowest BCUT2D eigenvalue weighted by Gasteiger charge is -2.58. The molecule has 0 radical (unpaired) electrons. The summed E-state index contributed by atoms with van der Waals surface area (Å²) in [5.41, 5.74) is 0. The van der Waals surface area contributed by atoms with Crippen LogP contribution in [0.15, 0.2) is 0 Å². The van der Waals surface area contributed by atoms with E-state index in [-0.39, 0.29) is 0 Å². The van der Waals surface area contributed by atoms with E-state index in [4.69, 9.17) is 0 Å². The van der Waals surface area contributed by atoms with Crippen LogP contribution in [-0.2, 0) is 0 Å². The molecule has 0 aliphatic heterocycles. The van der Waals surface area contributed by atoms with Crippen LogP contribution < -0.4 is 0 Å². The van der Waals surface area contributed by atoms with E-state index in [1.165, 1.54) is 0 Å². The van der Waals surface area contributed by atoms with Gasteiger partial charge in [0.25, 0.3) is 0 Å². The Bertz CT molecular complexity index is 213. The standard InChI is InChI=1S/C13H24P/c1-14(2,3)13-7-10-4-11(8-13)6-12(5-10)9-13/h10-12H,4-9H2,1-3H3/q+1. The van der Waals surface area contributed by atoms with Crippen LogP contribution in [0.5, 0.6) is 0 Å². The zero-order chi connectivity index (χ0) is 9.97. The number of hydrogen-bond acceptors (Lipinski definition) is 0. The van der Waals surface area contributed by atoms with Crippen molar-refractivity contribution in [3.05, 3.63) is 0 Å². The third-order valence-corrected chi connectivity index (χ3v) is 8.82. The lowest BCUT2D eigenvalue weighted by Crippen LogP contribution is -2.51. The Hall–Kier alpha value is 0.430. The molecule has 14 heavy (non-hydrogen) atoms. The highest BCUT2D eigenvalue weighted by Crippen LogP contribution is 2.73. The fourth-order valence-electron chi connectivity index (χ4n) is 4.89. The highest BCUT2D eigenvalue weighted by molar-refractivity contribution is 7.75. The Morgan fingerprint density at radius 1 is 0.786 bits per heavy atom. The van der Waals surface area contributed by atoms with Gasteiger partial charge in [-0.2, -0.15) is 0 Å². The van der Waals surface area contributed by atoms with Gasteiger partial charge in [-0.15, -0.1) is 0 Å². The van der Waals surface area contributed by atoms with E-state index in [1.807, 2.05) is 0 Å². The lowest BCUT2D eigenvalue weighted by atomic mass is 9.56. The predicted molar refractivity (Wildman–Crippen MR) is 65.6 cm³/mol. The smallest absolute Gasteiger partial charge is 0.0472 e. The van der Waals surface area contributed by atoms with Crippen LogP contribution in [0.4, 0.5) is 0 Å². The van der Waals surface area contributed by atoms with Crippen LogP contribution in [0.25, 0.3) is 0 Å². The second-order valence-corrected chi connectivity index (χ2v) is 12.1. The third kappa shape index (κ3) is 1.22. The summed E-state index contributed by atoms with van der Waals surface area (Å²) in [5, 5.41) is 0.849. The normalized spacial score (nSPS) is 51.2. The van der Waals surface area contributed by atoms with Crippen molar-refractivity contribution in [2.24, 2.45) is 17.8 Å². The van der Waals surface area contributed by atoms with Gasteiger partial charge in [0.05, 0.1) is 5.16 Å². The third-order valence-electron chi connectivity index (χ3n) is 5.43. The van der Waals surface area contributed by atoms with Crippen LogP contribution in [-0.4, -0.2) is 25.2 Å². The van der Waals surface area contributed by atoms with Crippen LogP contribution >= 0.6 is 7.26 Å². The van der Waals surface area contributed by atoms with Crippen molar-refractivity contribution in [3.63, 3.8) is 0 Å². The molecule has 0 amide bonds. The molecule has 0 spiro atoms. The Balaban J connectivity index is 1.95. The topological polar surface area (TPSA) is 0 Å². The molecule has 0 N–H and O–H groups in total. The van der Waals surface area contributed by atoms with Crippen molar-refractivity contribution in [2.45, 2.75) is 43.7 Å². The van der Waals surface area contributed by atoms with Crippen molar-refractivity contribution in [3.8, 4) is 0 Å². The SMILES string of the molecule is C[P+](C)(C)C12CC3CC(CC(C3)C1)C2. The molecule has 4 aliphatic carbocycles. The first kappa shape index (κ1) is 9.64. The van der Waals surface area contributed by atoms with Gasteiger partial charge < -0.3 is 0 Å². The minimum atomic E-state index is -0.615. The highest BCUT2D eigenvalue weighted by Gasteiger charge is 2.59. The molecule has 4 rings (SSSR count). The van der Waals surface area contributed by atoms with Gasteiger partial charge in [0.2, 0.25) is 0 Å². The molecule has 1 heteroatoms. The molecular formula is C13H24P+. The first-order valence-corrected chi connectivity index (χ1v) is 9.43. The summed E-state index contributed by atoms with van der Waals surface area (Å²) in [5.74, 6) is 3.42. The van der Waals surface area contributed by atoms with E-state index in [0.29, 0.717) is 0 Å². The summed E-state index contributed by atoms with van der Waals surface area (Å²) in [7, 11) is -0.615. The van der Waals surface area contributed by atoms with Gasteiger partial charge in [-0.05, 0) is 56.3 Å². The molecule has 0 unspecified atom stereocenters. The molecule has 0 nitrogen and oxygen atoms in total. The van der Waals surface area contributed by atoms with Crippen LogP contribution in [0, 0.1) is 17.8 Å². The van der Waals surface area contributed by atoms with Crippen molar-refractivity contribution in [1.29, 1.82) is 0 Å². The molecule has 0 aromatic carbocycles. The van der Waals surface area contributed by atoms with Crippen molar-refractivity contribution in [2.75, 3.05) is 20.0 Å². The first-order valence-electron chi connectivity index (χ1n) is 6.30. The summed E-state index contributed by atoms with van der Waals surface area (Å²) < 4.78 is 0. The van der Waals surface area contributed by atoms with E-state index in [0.717, 1.165) is 22.9 Å². The van der Waals surface area contributed by atoms with Gasteiger partial charge in [0, 0.05) is 27.3 Å². The van der Waals surface area contributed by atoms with E-state index in [2.05, 4.69) is 20.0 Å². The molecule has 4 saturated carbocycles. The minimum Gasteiger partial charge on any atom is -0.0472 e. The summed E-state index contributed by atoms with van der Waals surface area (Å²) in [4.78, 5) is 0. The second-order valence-electron chi connectivity index (χ2n) is 7.15. The van der Waals surface area contributed by atoms with Gasteiger partial charge in [-0.25, -0.2) is 0 Å². The second kappa shape index (κ2) is 2.76. The van der Waals surface area contributed by atoms with Gasteiger partial charge in [-0.1, -0.05) is 0 Å². The molecule has 0 aromatic heterocycles. The fourth-order valence-corrected chi connectivity index (χ4v) is 7.30. The Morgan fingerprint density at radius 2 is 1.14 bits per heavy atom. The first-order chi connectivity index (χ1) is 6.48. The average molecular weight is 211 g/mol. The summed E-state index contributed by atoms with van der Waals surface area (Å²) in [6.07, 6.45) is 9.61. The number of hydrogen-bond donors (Lipinski definition) is 0. The lowest BCUT2D eigenvalue weighted by molar-refractivity contribution is 0.0348. The van der Waals surface area contributed by atoms with Crippen molar-refractivity contribution >= 4 is 7.26 Å². The highest BCUT2D eigenvalue weighted by atomic mass is 31.2. The maximum atomic E-state index is 2.60. The monoisotopic (exact) mass is 211 g/mol. The molecule has 4 bridgehead atoms. The van der Waals surface area contributed by atoms with E-state index in [9.17, 15) is 0 Å². The zero-order valence-corrected chi connectivity index (χ0v) is 10.8. The summed E-state index contributed by atoms with van der Waals surface area (Å²) in [6, 6.07) is 0. The Kier molecular flexibility index (Phi) is 1.90. The quantitative estimate of drug-likeness (QED) is 0.578. The van der Waals surface area contributed by atoms with Crippen molar-refractivity contribution in [1.82, 2.24) is 0 Å². The van der Waals surface area contributed by atoms with Crippen molar-refractivity contribution < 1.29 is 0 Å². The fraction of sp³-hybridized carbons (Fsp3) is 1.00. The van der Waals surface area contributed by atoms with Gasteiger partial charge >= 0.3 is 0 Å². The largest absolute Gasteiger partial charge is 0.0799 e. The maximum absolute atomic E-state index is 2.60. The predicted octanol–water partition coefficient (Wildman–Crippen LogP) is 3.86. The van der Waals surface area contributed by atoms with E-state index in [1.54, 1.807) is 38.5 Å². The van der Waals surface area contributed by atoms with E-state index < -0.39 is 7.26 Å². The maximum Gasteiger partial charge on any atom is 0.0799 e. The zero-order valence-electron chi connectivity index (χ0n) is 9.92. The van der Waals surface area contributed by atoms with Crippen LogP contribution in [0.3, 0.4) is 0 Å². The van der Waals surface area contributed by atoms with E-state index >= 15 is 0 Å². The van der Waals surface area contributed by atoms with Gasteiger partial charge in [0.1, 0.15) is 0 Å². The Morgan fingerprint density at radius 3 is 1.43 bits per heavy atom. The molecule has 4 aliphatic rings. The molecule has 0 aromatic rings. The molecule has 4 fully saturated rings. The molecular weight excluding hydrogens is 187 g/mol. The molecule has 80 valence electrons. The average Bonchev–Trinajstić information content (AvgIpc) is 1.98. The van der Waals surface area contributed by atoms with Crippen LogP contribution in [0.1, 0.15) is 38.5 Å². The summed E-state index contributed by atoms with van der Waals surface area (Å²) in [6.45, 7) is 7.79. The van der Waals surface area contributed by atoms with Gasteiger partial charge in [0.15, 0.2) is 0 Å². The molecule has 0 saturated heterocycles. The molecule has 0 atom stereocenters. The van der Waals surface area contributed by atoms with Gasteiger partial charge in [-0.3, -0.25) is 0 Å².